The number of nitrogens with one attached hydrogen (secondary N) is 1. The van der Waals surface area contributed by atoms with E-state index in [1.165, 1.54) is 6.07 Å². The fraction of sp³-hybridized carbons (Fsp3) is 0.417. The van der Waals surface area contributed by atoms with Crippen molar-refractivity contribution in [2.75, 3.05) is 11.9 Å². The maximum absolute atomic E-state index is 13.3. The van der Waals surface area contributed by atoms with E-state index in [0.29, 0.717) is 0 Å². The minimum absolute atomic E-state index is 0.144. The lowest BCUT2D eigenvalue weighted by Gasteiger charge is -2.18. The van der Waals surface area contributed by atoms with Crippen molar-refractivity contribution in [3.8, 4) is 0 Å². The summed E-state index contributed by atoms with van der Waals surface area (Å²) in [5.74, 6) is -1.46. The average Bonchev–Trinajstić information content (AvgIpc) is 2.25. The largest absolute Gasteiger partial charge is 0.366 e. The van der Waals surface area contributed by atoms with Gasteiger partial charge in [0.1, 0.15) is 6.61 Å². The van der Waals surface area contributed by atoms with Crippen LogP contribution in [-0.4, -0.2) is 23.0 Å². The minimum Gasteiger partial charge on any atom is -0.366 e. The molecule has 0 aliphatic rings. The number of hydrogen-bond acceptors (Lipinski definition) is 4. The molecule has 1 aromatic rings. The SMILES string of the molecule is CC(C)(C)OCC(=O)Nc1ccc([N+](=O)[O-])c(F)c1. The monoisotopic (exact) mass is 270 g/mol. The van der Waals surface area contributed by atoms with Gasteiger partial charge in [-0.15, -0.1) is 0 Å². The summed E-state index contributed by atoms with van der Waals surface area (Å²) >= 11 is 0. The van der Waals surface area contributed by atoms with E-state index in [9.17, 15) is 19.3 Å². The van der Waals surface area contributed by atoms with Gasteiger partial charge in [0, 0.05) is 17.8 Å². The molecule has 0 heterocycles. The maximum Gasteiger partial charge on any atom is 0.304 e. The summed E-state index contributed by atoms with van der Waals surface area (Å²) in [6.45, 7) is 5.21. The van der Waals surface area contributed by atoms with Crippen molar-refractivity contribution in [1.82, 2.24) is 0 Å². The van der Waals surface area contributed by atoms with Crippen molar-refractivity contribution in [2.45, 2.75) is 26.4 Å². The standard InChI is InChI=1S/C12H15FN2O4/c1-12(2,3)19-7-11(16)14-8-4-5-10(15(17)18)9(13)6-8/h4-6H,7H2,1-3H3,(H,14,16). The van der Waals surface area contributed by atoms with Gasteiger partial charge in [-0.1, -0.05) is 0 Å². The number of hydrogen-bond donors (Lipinski definition) is 1. The molecule has 1 rings (SSSR count). The second-order valence-electron chi connectivity index (χ2n) is 4.87. The van der Waals surface area contributed by atoms with Crippen molar-refractivity contribution in [3.05, 3.63) is 34.1 Å². The first-order valence-corrected chi connectivity index (χ1v) is 5.57. The highest BCUT2D eigenvalue weighted by Gasteiger charge is 2.16. The predicted molar refractivity (Wildman–Crippen MR) is 67.4 cm³/mol. The molecular weight excluding hydrogens is 255 g/mol. The predicted octanol–water partition coefficient (Wildman–Crippen LogP) is 2.49. The van der Waals surface area contributed by atoms with Gasteiger partial charge in [-0.2, -0.15) is 4.39 Å². The van der Waals surface area contributed by atoms with E-state index in [4.69, 9.17) is 4.74 Å². The highest BCUT2D eigenvalue weighted by atomic mass is 19.1. The van der Waals surface area contributed by atoms with Gasteiger partial charge in [0.2, 0.25) is 11.7 Å². The Morgan fingerprint density at radius 1 is 1.47 bits per heavy atom. The quantitative estimate of drug-likeness (QED) is 0.673. The highest BCUT2D eigenvalue weighted by molar-refractivity contribution is 5.91. The second kappa shape index (κ2) is 5.75. The summed E-state index contributed by atoms with van der Waals surface area (Å²) in [5, 5.41) is 12.8. The number of nitrogens with zero attached hydrogens (tertiary/aromatic N) is 1. The Bertz CT molecular complexity index is 497. The number of nitro benzene ring substituents is 1. The molecule has 0 saturated heterocycles. The summed E-state index contributed by atoms with van der Waals surface area (Å²) in [7, 11) is 0. The third-order valence-electron chi connectivity index (χ3n) is 2.06. The minimum atomic E-state index is -1.00. The van der Waals surface area contributed by atoms with Crippen molar-refractivity contribution >= 4 is 17.3 Å². The van der Waals surface area contributed by atoms with Crippen LogP contribution < -0.4 is 5.32 Å². The van der Waals surface area contributed by atoms with Crippen LogP contribution in [0.4, 0.5) is 15.8 Å². The van der Waals surface area contributed by atoms with E-state index in [1.807, 2.05) is 0 Å². The lowest BCUT2D eigenvalue weighted by Crippen LogP contribution is -2.27. The van der Waals surface area contributed by atoms with Crippen LogP contribution in [0.5, 0.6) is 0 Å². The summed E-state index contributed by atoms with van der Waals surface area (Å²) < 4.78 is 18.5. The summed E-state index contributed by atoms with van der Waals surface area (Å²) in [5.41, 5.74) is -0.951. The van der Waals surface area contributed by atoms with Crippen molar-refractivity contribution < 1.29 is 18.8 Å². The number of carbonyl (C=O) groups is 1. The molecule has 6 nitrogen and oxygen atoms in total. The van der Waals surface area contributed by atoms with E-state index in [2.05, 4.69) is 5.32 Å². The molecule has 0 aliphatic carbocycles. The number of ether oxygens (including phenoxy) is 1. The lowest BCUT2D eigenvalue weighted by atomic mass is 10.2. The third kappa shape index (κ3) is 5.01. The van der Waals surface area contributed by atoms with Crippen LogP contribution in [0.1, 0.15) is 20.8 Å². The molecule has 0 saturated carbocycles. The molecule has 0 spiro atoms. The molecule has 0 radical (unpaired) electrons. The Labute approximate surface area is 109 Å². The molecule has 0 unspecified atom stereocenters. The Morgan fingerprint density at radius 2 is 2.11 bits per heavy atom. The molecule has 0 aliphatic heterocycles. The number of anilines is 1. The smallest absolute Gasteiger partial charge is 0.304 e. The second-order valence-corrected chi connectivity index (χ2v) is 4.87. The van der Waals surface area contributed by atoms with Gasteiger partial charge in [-0.3, -0.25) is 14.9 Å². The van der Waals surface area contributed by atoms with Gasteiger partial charge < -0.3 is 10.1 Å². The van der Waals surface area contributed by atoms with Gasteiger partial charge in [0.15, 0.2) is 0 Å². The molecule has 0 aromatic heterocycles. The topological polar surface area (TPSA) is 81.5 Å². The van der Waals surface area contributed by atoms with E-state index < -0.39 is 27.9 Å². The lowest BCUT2D eigenvalue weighted by molar-refractivity contribution is -0.387. The fourth-order valence-electron chi connectivity index (χ4n) is 1.21. The molecule has 0 atom stereocenters. The van der Waals surface area contributed by atoms with E-state index in [1.54, 1.807) is 20.8 Å². The van der Waals surface area contributed by atoms with Crippen LogP contribution >= 0.6 is 0 Å². The molecular formula is C12H15FN2O4. The number of amides is 1. The van der Waals surface area contributed by atoms with Crippen molar-refractivity contribution in [2.24, 2.45) is 0 Å². The molecule has 1 N–H and O–H groups in total. The molecule has 0 bridgehead atoms. The number of halogens is 1. The van der Waals surface area contributed by atoms with E-state index >= 15 is 0 Å². The molecule has 104 valence electrons. The summed E-state index contributed by atoms with van der Waals surface area (Å²) in [6, 6.07) is 3.15. The molecule has 1 aromatic carbocycles. The Hall–Kier alpha value is -2.02. The summed E-state index contributed by atoms with van der Waals surface area (Å²) in [4.78, 5) is 21.1. The highest BCUT2D eigenvalue weighted by Crippen LogP contribution is 2.20. The number of rotatable bonds is 4. The average molecular weight is 270 g/mol. The van der Waals surface area contributed by atoms with Crippen LogP contribution in [0.3, 0.4) is 0 Å². The first-order valence-electron chi connectivity index (χ1n) is 5.57. The Morgan fingerprint density at radius 3 is 2.58 bits per heavy atom. The van der Waals surface area contributed by atoms with Crippen molar-refractivity contribution in [1.29, 1.82) is 0 Å². The van der Waals surface area contributed by atoms with Gasteiger partial charge in [0.25, 0.3) is 0 Å². The van der Waals surface area contributed by atoms with Gasteiger partial charge in [-0.05, 0) is 26.8 Å². The van der Waals surface area contributed by atoms with Crippen LogP contribution in [0.2, 0.25) is 0 Å². The maximum atomic E-state index is 13.3. The molecule has 0 fully saturated rings. The number of carbonyl (C=O) groups excluding carboxylic acids is 1. The first-order chi connectivity index (χ1) is 8.69. The van der Waals surface area contributed by atoms with Crippen molar-refractivity contribution in [3.63, 3.8) is 0 Å². The van der Waals surface area contributed by atoms with Gasteiger partial charge >= 0.3 is 5.69 Å². The van der Waals surface area contributed by atoms with E-state index in [-0.39, 0.29) is 12.3 Å². The van der Waals surface area contributed by atoms with E-state index in [0.717, 1.165) is 12.1 Å². The molecule has 19 heavy (non-hydrogen) atoms. The molecule has 7 heteroatoms. The Kier molecular flexibility index (Phi) is 4.55. The van der Waals surface area contributed by atoms with Gasteiger partial charge in [-0.25, -0.2) is 0 Å². The number of nitro groups is 1. The zero-order valence-corrected chi connectivity index (χ0v) is 10.9. The van der Waals surface area contributed by atoms with Crippen LogP contribution in [0, 0.1) is 15.9 Å². The van der Waals surface area contributed by atoms with Crippen LogP contribution in [-0.2, 0) is 9.53 Å². The zero-order chi connectivity index (χ0) is 14.6. The first kappa shape index (κ1) is 15.0. The fourth-order valence-corrected chi connectivity index (χ4v) is 1.21. The summed E-state index contributed by atoms with van der Waals surface area (Å²) in [6.07, 6.45) is 0. The molecule has 1 amide bonds. The normalized spacial score (nSPS) is 11.2. The van der Waals surface area contributed by atoms with Crippen LogP contribution in [0.15, 0.2) is 18.2 Å². The number of benzene rings is 1. The van der Waals surface area contributed by atoms with Gasteiger partial charge in [0.05, 0.1) is 10.5 Å². The third-order valence-corrected chi connectivity index (χ3v) is 2.06. The Balaban J connectivity index is 2.65. The van der Waals surface area contributed by atoms with Crippen LogP contribution in [0.25, 0.3) is 0 Å². The zero-order valence-electron chi connectivity index (χ0n) is 10.9.